The summed E-state index contributed by atoms with van der Waals surface area (Å²) in [6, 6.07) is 5.27. The molecule has 1 aromatic carbocycles. The molecule has 0 aromatic heterocycles. The number of aliphatic hydroxyl groups is 1. The third-order valence-corrected chi connectivity index (χ3v) is 4.40. The highest BCUT2D eigenvalue weighted by molar-refractivity contribution is 5.39. The van der Waals surface area contributed by atoms with Crippen molar-refractivity contribution in [2.75, 3.05) is 13.7 Å². The Balaban J connectivity index is 1.67. The van der Waals surface area contributed by atoms with E-state index < -0.39 is 0 Å². The molecule has 1 fully saturated rings. The van der Waals surface area contributed by atoms with Crippen molar-refractivity contribution in [1.82, 2.24) is 5.32 Å². The number of hydrogen-bond acceptors (Lipinski definition) is 4. The smallest absolute Gasteiger partial charge is 0.120 e. The summed E-state index contributed by atoms with van der Waals surface area (Å²) in [6.07, 6.45) is 6.61. The first kappa shape index (κ1) is 16.1. The molecule has 0 bridgehead atoms. The molecule has 0 amide bonds. The number of methoxy groups -OCH3 is 1. The second kappa shape index (κ2) is 8.25. The second-order valence-electron chi connectivity index (χ2n) is 5.93. The Hall–Kier alpha value is -1.26. The van der Waals surface area contributed by atoms with E-state index >= 15 is 0 Å². The molecule has 3 N–H and O–H groups in total. The number of phenolic OH excluding ortho intramolecular Hbond substituents is 1. The fourth-order valence-corrected chi connectivity index (χ4v) is 3.07. The van der Waals surface area contributed by atoms with Crippen LogP contribution >= 0.6 is 0 Å². The maximum absolute atomic E-state index is 9.93. The molecule has 4 heteroatoms. The minimum Gasteiger partial charge on any atom is -0.508 e. The van der Waals surface area contributed by atoms with E-state index in [1.165, 1.54) is 12.8 Å². The molecule has 4 nitrogen and oxygen atoms in total. The van der Waals surface area contributed by atoms with Crippen LogP contribution in [0, 0.1) is 5.92 Å². The Labute approximate surface area is 127 Å². The van der Waals surface area contributed by atoms with E-state index in [-0.39, 0.29) is 6.10 Å². The molecular formula is C17H27NO3. The van der Waals surface area contributed by atoms with Crippen molar-refractivity contribution in [3.63, 3.8) is 0 Å². The molecule has 21 heavy (non-hydrogen) atoms. The molecule has 0 radical (unpaired) electrons. The summed E-state index contributed by atoms with van der Waals surface area (Å²) in [7, 11) is 1.62. The lowest BCUT2D eigenvalue weighted by Gasteiger charge is -2.27. The highest BCUT2D eigenvalue weighted by Crippen LogP contribution is 2.27. The van der Waals surface area contributed by atoms with E-state index in [0.29, 0.717) is 18.2 Å². The molecule has 2 atom stereocenters. The first-order chi connectivity index (χ1) is 10.2. The largest absolute Gasteiger partial charge is 0.508 e. The van der Waals surface area contributed by atoms with Crippen LogP contribution in [0.2, 0.25) is 0 Å². The van der Waals surface area contributed by atoms with Crippen LogP contribution < -0.4 is 10.1 Å². The number of nitrogens with one attached hydrogen (secondary N) is 1. The minimum absolute atomic E-state index is 0.0961. The van der Waals surface area contributed by atoms with E-state index in [4.69, 9.17) is 4.74 Å². The molecule has 1 aliphatic rings. The maximum atomic E-state index is 9.93. The van der Waals surface area contributed by atoms with E-state index in [1.807, 2.05) is 6.07 Å². The molecule has 0 saturated heterocycles. The molecule has 1 aromatic rings. The summed E-state index contributed by atoms with van der Waals surface area (Å²) in [6.45, 7) is 1.54. The lowest BCUT2D eigenvalue weighted by atomic mass is 9.83. The van der Waals surface area contributed by atoms with Gasteiger partial charge in [-0.2, -0.15) is 0 Å². The van der Waals surface area contributed by atoms with Crippen LogP contribution in [0.15, 0.2) is 18.2 Å². The monoisotopic (exact) mass is 293 g/mol. The molecule has 0 aliphatic heterocycles. The zero-order chi connectivity index (χ0) is 15.1. The van der Waals surface area contributed by atoms with Gasteiger partial charge in [0, 0.05) is 12.1 Å². The Bertz CT molecular complexity index is 436. The molecule has 0 spiro atoms. The van der Waals surface area contributed by atoms with Gasteiger partial charge in [0.2, 0.25) is 0 Å². The van der Waals surface area contributed by atoms with Crippen LogP contribution in [-0.4, -0.2) is 30.0 Å². The fourth-order valence-electron chi connectivity index (χ4n) is 3.07. The number of ether oxygens (including phenoxy) is 1. The average molecular weight is 293 g/mol. The molecule has 0 heterocycles. The lowest BCUT2D eigenvalue weighted by molar-refractivity contribution is 0.0643. The van der Waals surface area contributed by atoms with Crippen molar-refractivity contribution in [2.24, 2.45) is 5.92 Å². The third-order valence-electron chi connectivity index (χ3n) is 4.40. The van der Waals surface area contributed by atoms with Crippen LogP contribution in [-0.2, 0) is 6.54 Å². The number of hydrogen-bond donors (Lipinski definition) is 3. The quantitative estimate of drug-likeness (QED) is 0.677. The standard InChI is InChI=1S/C17H27NO3/c1-21-15-8-9-17(20)14(11-15)12-18-10-4-6-13-5-2-3-7-16(13)19/h8-9,11,13,16,18-20H,2-7,10,12H2,1H3. The predicted octanol–water partition coefficient (Wildman–Crippen LogP) is 2.82. The number of aliphatic hydroxyl groups excluding tert-OH is 1. The van der Waals surface area contributed by atoms with Crippen molar-refractivity contribution in [2.45, 2.75) is 51.2 Å². The Morgan fingerprint density at radius 2 is 2.10 bits per heavy atom. The van der Waals surface area contributed by atoms with Crippen molar-refractivity contribution < 1.29 is 14.9 Å². The lowest BCUT2D eigenvalue weighted by Crippen LogP contribution is -2.25. The Morgan fingerprint density at radius 1 is 1.29 bits per heavy atom. The number of phenols is 1. The molecule has 118 valence electrons. The van der Waals surface area contributed by atoms with E-state index in [2.05, 4.69) is 5.32 Å². The van der Waals surface area contributed by atoms with Gasteiger partial charge in [-0.15, -0.1) is 0 Å². The number of aromatic hydroxyl groups is 1. The molecular weight excluding hydrogens is 266 g/mol. The van der Waals surface area contributed by atoms with Gasteiger partial charge in [0.1, 0.15) is 11.5 Å². The van der Waals surface area contributed by atoms with Gasteiger partial charge >= 0.3 is 0 Å². The van der Waals surface area contributed by atoms with Crippen LogP contribution in [0.1, 0.15) is 44.1 Å². The zero-order valence-electron chi connectivity index (χ0n) is 12.8. The number of rotatable bonds is 7. The fraction of sp³-hybridized carbons (Fsp3) is 0.647. The van der Waals surface area contributed by atoms with Gasteiger partial charge in [-0.1, -0.05) is 12.8 Å². The van der Waals surface area contributed by atoms with E-state index in [1.54, 1.807) is 19.2 Å². The van der Waals surface area contributed by atoms with Gasteiger partial charge in [-0.25, -0.2) is 0 Å². The summed E-state index contributed by atoms with van der Waals surface area (Å²) in [5.41, 5.74) is 0.854. The predicted molar refractivity (Wildman–Crippen MR) is 83.6 cm³/mol. The van der Waals surface area contributed by atoms with Crippen molar-refractivity contribution in [1.29, 1.82) is 0 Å². The Kier molecular flexibility index (Phi) is 6.33. The van der Waals surface area contributed by atoms with Gasteiger partial charge in [0.25, 0.3) is 0 Å². The van der Waals surface area contributed by atoms with Gasteiger partial charge in [0.05, 0.1) is 13.2 Å². The summed E-state index contributed by atoms with van der Waals surface area (Å²) >= 11 is 0. The normalized spacial score (nSPS) is 22.2. The van der Waals surface area contributed by atoms with E-state index in [0.717, 1.165) is 43.5 Å². The van der Waals surface area contributed by atoms with Crippen LogP contribution in [0.3, 0.4) is 0 Å². The van der Waals surface area contributed by atoms with Gasteiger partial charge in [-0.05, 0) is 56.3 Å². The van der Waals surface area contributed by atoms with E-state index in [9.17, 15) is 10.2 Å². The van der Waals surface area contributed by atoms with Crippen LogP contribution in [0.25, 0.3) is 0 Å². The Morgan fingerprint density at radius 3 is 2.86 bits per heavy atom. The SMILES string of the molecule is COc1ccc(O)c(CNCCCC2CCCCC2O)c1. The zero-order valence-corrected chi connectivity index (χ0v) is 12.8. The highest BCUT2D eigenvalue weighted by atomic mass is 16.5. The van der Waals surface area contributed by atoms with Gasteiger partial charge in [-0.3, -0.25) is 0 Å². The molecule has 1 saturated carbocycles. The van der Waals surface area contributed by atoms with Crippen LogP contribution in [0.4, 0.5) is 0 Å². The topological polar surface area (TPSA) is 61.7 Å². The molecule has 2 rings (SSSR count). The van der Waals surface area contributed by atoms with Crippen molar-refractivity contribution in [3.05, 3.63) is 23.8 Å². The van der Waals surface area contributed by atoms with Gasteiger partial charge < -0.3 is 20.3 Å². The highest BCUT2D eigenvalue weighted by Gasteiger charge is 2.22. The van der Waals surface area contributed by atoms with Crippen molar-refractivity contribution in [3.8, 4) is 11.5 Å². The first-order valence-electron chi connectivity index (χ1n) is 7.95. The van der Waals surface area contributed by atoms with Crippen molar-refractivity contribution >= 4 is 0 Å². The summed E-state index contributed by atoms with van der Waals surface area (Å²) in [4.78, 5) is 0. The second-order valence-corrected chi connectivity index (χ2v) is 5.93. The number of benzene rings is 1. The molecule has 1 aliphatic carbocycles. The molecule has 2 unspecified atom stereocenters. The third kappa shape index (κ3) is 4.90. The van der Waals surface area contributed by atoms with Crippen LogP contribution in [0.5, 0.6) is 11.5 Å². The summed E-state index contributed by atoms with van der Waals surface area (Å²) in [5, 5.41) is 23.1. The first-order valence-corrected chi connectivity index (χ1v) is 7.95. The van der Waals surface area contributed by atoms with Gasteiger partial charge in [0.15, 0.2) is 0 Å². The summed E-state index contributed by atoms with van der Waals surface area (Å²) in [5.74, 6) is 1.53. The maximum Gasteiger partial charge on any atom is 0.120 e. The average Bonchev–Trinajstić information content (AvgIpc) is 2.50. The minimum atomic E-state index is -0.0961. The summed E-state index contributed by atoms with van der Waals surface area (Å²) < 4.78 is 5.16.